The van der Waals surface area contributed by atoms with Crippen molar-refractivity contribution < 1.29 is 13.9 Å². The average Bonchev–Trinajstić information content (AvgIpc) is 2.46. The Labute approximate surface area is 121 Å². The second kappa shape index (κ2) is 6.39. The van der Waals surface area contributed by atoms with Crippen LogP contribution in [-0.4, -0.2) is 13.1 Å². The van der Waals surface area contributed by atoms with Gasteiger partial charge in [0.2, 0.25) is 0 Å². The third kappa shape index (κ3) is 3.27. The molecule has 0 aliphatic heterocycles. The van der Waals surface area contributed by atoms with Crippen LogP contribution in [0.5, 0.6) is 0 Å². The Bertz CT molecular complexity index is 631. The number of nitrogens with one attached hydrogen (secondary N) is 1. The highest BCUT2D eigenvalue weighted by atomic mass is 35.5. The highest BCUT2D eigenvalue weighted by Gasteiger charge is 2.13. The predicted octanol–water partition coefficient (Wildman–Crippen LogP) is 3.88. The van der Waals surface area contributed by atoms with E-state index in [1.807, 2.05) is 18.2 Å². The molecule has 0 bridgehead atoms. The second-order valence-electron chi connectivity index (χ2n) is 4.13. The Balaban J connectivity index is 2.21. The molecule has 0 aliphatic carbocycles. The van der Waals surface area contributed by atoms with E-state index in [0.717, 1.165) is 11.6 Å². The van der Waals surface area contributed by atoms with Crippen molar-refractivity contribution in [3.8, 4) is 0 Å². The van der Waals surface area contributed by atoms with Gasteiger partial charge < -0.3 is 10.1 Å². The predicted molar refractivity (Wildman–Crippen MR) is 76.5 cm³/mol. The van der Waals surface area contributed by atoms with Crippen LogP contribution in [0.3, 0.4) is 0 Å². The molecular weight excluding hydrogens is 281 g/mol. The first-order valence-electron chi connectivity index (χ1n) is 5.97. The van der Waals surface area contributed by atoms with Gasteiger partial charge in [-0.15, -0.1) is 0 Å². The van der Waals surface area contributed by atoms with E-state index < -0.39 is 11.8 Å². The zero-order valence-electron chi connectivity index (χ0n) is 10.8. The molecule has 2 aromatic carbocycles. The van der Waals surface area contributed by atoms with Crippen molar-refractivity contribution in [1.29, 1.82) is 0 Å². The lowest BCUT2D eigenvalue weighted by atomic mass is 10.1. The van der Waals surface area contributed by atoms with Crippen LogP contribution in [0, 0.1) is 5.82 Å². The maximum Gasteiger partial charge on any atom is 0.340 e. The topological polar surface area (TPSA) is 38.3 Å². The zero-order valence-corrected chi connectivity index (χ0v) is 11.6. The molecular formula is C15H13ClFNO2. The van der Waals surface area contributed by atoms with Gasteiger partial charge in [-0.1, -0.05) is 29.8 Å². The van der Waals surface area contributed by atoms with Crippen molar-refractivity contribution >= 4 is 23.3 Å². The number of rotatable bonds is 4. The van der Waals surface area contributed by atoms with E-state index in [4.69, 9.17) is 11.6 Å². The first-order valence-corrected chi connectivity index (χ1v) is 6.34. The molecule has 0 radical (unpaired) electrons. The van der Waals surface area contributed by atoms with Crippen LogP contribution in [0.25, 0.3) is 0 Å². The van der Waals surface area contributed by atoms with Crippen LogP contribution >= 0.6 is 11.6 Å². The molecule has 0 saturated heterocycles. The first-order chi connectivity index (χ1) is 9.61. The minimum Gasteiger partial charge on any atom is -0.465 e. The van der Waals surface area contributed by atoms with Gasteiger partial charge in [0.15, 0.2) is 0 Å². The summed E-state index contributed by atoms with van der Waals surface area (Å²) in [5.74, 6) is -1.08. The Morgan fingerprint density at radius 1 is 1.30 bits per heavy atom. The number of carbonyl (C=O) groups excluding carboxylic acids is 1. The number of hydrogen-bond donors (Lipinski definition) is 1. The highest BCUT2D eigenvalue weighted by Crippen LogP contribution is 2.21. The number of hydrogen-bond acceptors (Lipinski definition) is 3. The fraction of sp³-hybridized carbons (Fsp3) is 0.133. The molecule has 0 fully saturated rings. The third-order valence-electron chi connectivity index (χ3n) is 2.81. The van der Waals surface area contributed by atoms with Gasteiger partial charge in [0.25, 0.3) is 0 Å². The van der Waals surface area contributed by atoms with Crippen LogP contribution in [0.2, 0.25) is 5.02 Å². The molecule has 0 aromatic heterocycles. The Kier molecular flexibility index (Phi) is 4.58. The summed E-state index contributed by atoms with van der Waals surface area (Å²) in [5.41, 5.74) is 1.53. The van der Waals surface area contributed by atoms with Crippen LogP contribution in [0.15, 0.2) is 42.5 Å². The number of carbonyl (C=O) groups is 1. The lowest BCUT2D eigenvalue weighted by molar-refractivity contribution is 0.0601. The monoisotopic (exact) mass is 293 g/mol. The molecule has 1 N–H and O–H groups in total. The van der Waals surface area contributed by atoms with Crippen molar-refractivity contribution in [3.05, 3.63) is 64.4 Å². The number of methoxy groups -OCH3 is 1. The van der Waals surface area contributed by atoms with Gasteiger partial charge in [-0.2, -0.15) is 0 Å². The van der Waals surface area contributed by atoms with Gasteiger partial charge in [-0.05, 0) is 29.8 Å². The molecule has 2 rings (SSSR count). The summed E-state index contributed by atoms with van der Waals surface area (Å²) in [6.07, 6.45) is 0. The number of anilines is 1. The van der Waals surface area contributed by atoms with E-state index in [1.165, 1.54) is 19.2 Å². The normalized spacial score (nSPS) is 10.2. The number of ether oxygens (including phenoxy) is 1. The molecule has 2 aromatic rings. The minimum absolute atomic E-state index is 0.152. The van der Waals surface area contributed by atoms with Crippen molar-refractivity contribution in [2.24, 2.45) is 0 Å². The number of halogens is 2. The molecule has 5 heteroatoms. The molecule has 0 unspecified atom stereocenters. The molecule has 104 valence electrons. The second-order valence-corrected chi connectivity index (χ2v) is 4.53. The fourth-order valence-electron chi connectivity index (χ4n) is 1.78. The molecule has 20 heavy (non-hydrogen) atoms. The number of benzene rings is 2. The number of esters is 1. The summed E-state index contributed by atoms with van der Waals surface area (Å²) >= 11 is 6.05. The summed E-state index contributed by atoms with van der Waals surface area (Å²) in [7, 11) is 1.26. The first kappa shape index (κ1) is 14.3. The van der Waals surface area contributed by atoms with Gasteiger partial charge in [-0.25, -0.2) is 9.18 Å². The van der Waals surface area contributed by atoms with Crippen molar-refractivity contribution in [3.63, 3.8) is 0 Å². The molecule has 0 heterocycles. The van der Waals surface area contributed by atoms with Crippen LogP contribution in [-0.2, 0) is 11.3 Å². The van der Waals surface area contributed by atoms with Crippen molar-refractivity contribution in [1.82, 2.24) is 0 Å². The summed E-state index contributed by atoms with van der Waals surface area (Å²) in [4.78, 5) is 11.6. The zero-order chi connectivity index (χ0) is 14.5. The molecule has 0 amide bonds. The minimum atomic E-state index is -0.592. The maximum atomic E-state index is 13.2. The van der Waals surface area contributed by atoms with Crippen molar-refractivity contribution in [2.45, 2.75) is 6.54 Å². The van der Waals surface area contributed by atoms with Gasteiger partial charge >= 0.3 is 5.97 Å². The van der Waals surface area contributed by atoms with Crippen LogP contribution in [0.1, 0.15) is 15.9 Å². The van der Waals surface area contributed by atoms with E-state index in [1.54, 1.807) is 6.07 Å². The van der Waals surface area contributed by atoms with Crippen molar-refractivity contribution in [2.75, 3.05) is 12.4 Å². The van der Waals surface area contributed by atoms with Crippen LogP contribution in [0.4, 0.5) is 10.1 Å². The standard InChI is InChI=1S/C15H13ClFNO2/c1-20-15(19)12-8-11(17)6-7-14(12)18-9-10-4-2-3-5-13(10)16/h2-8,18H,9H2,1H3. The van der Waals surface area contributed by atoms with E-state index >= 15 is 0 Å². The van der Waals surface area contributed by atoms with Crippen LogP contribution < -0.4 is 5.32 Å². The lowest BCUT2D eigenvalue weighted by Crippen LogP contribution is -2.09. The summed E-state index contributed by atoms with van der Waals surface area (Å²) < 4.78 is 17.9. The average molecular weight is 294 g/mol. The van der Waals surface area contributed by atoms with E-state index in [0.29, 0.717) is 17.3 Å². The quantitative estimate of drug-likeness (QED) is 0.870. The maximum absolute atomic E-state index is 13.2. The lowest BCUT2D eigenvalue weighted by Gasteiger charge is -2.11. The van der Waals surface area contributed by atoms with Gasteiger partial charge in [0.05, 0.1) is 12.7 Å². The highest BCUT2D eigenvalue weighted by molar-refractivity contribution is 6.31. The SMILES string of the molecule is COC(=O)c1cc(F)ccc1NCc1ccccc1Cl. The summed E-state index contributed by atoms with van der Waals surface area (Å²) in [6.45, 7) is 0.426. The van der Waals surface area contributed by atoms with E-state index in [2.05, 4.69) is 10.1 Å². The van der Waals surface area contributed by atoms with E-state index in [-0.39, 0.29) is 5.56 Å². The Hall–Kier alpha value is -2.07. The Morgan fingerprint density at radius 3 is 2.75 bits per heavy atom. The van der Waals surface area contributed by atoms with Gasteiger partial charge in [0, 0.05) is 17.3 Å². The molecule has 0 aliphatic rings. The molecule has 0 saturated carbocycles. The van der Waals surface area contributed by atoms with Gasteiger partial charge in [0.1, 0.15) is 5.82 Å². The summed E-state index contributed by atoms with van der Waals surface area (Å²) in [6, 6.07) is 11.3. The summed E-state index contributed by atoms with van der Waals surface area (Å²) in [5, 5.41) is 3.69. The Morgan fingerprint density at radius 2 is 2.05 bits per heavy atom. The molecule has 3 nitrogen and oxygen atoms in total. The molecule has 0 spiro atoms. The molecule has 0 atom stereocenters. The fourth-order valence-corrected chi connectivity index (χ4v) is 1.98. The largest absolute Gasteiger partial charge is 0.465 e. The smallest absolute Gasteiger partial charge is 0.340 e. The van der Waals surface area contributed by atoms with Gasteiger partial charge in [-0.3, -0.25) is 0 Å². The van der Waals surface area contributed by atoms with E-state index in [9.17, 15) is 9.18 Å². The third-order valence-corrected chi connectivity index (χ3v) is 3.18.